The zero-order chi connectivity index (χ0) is 11.5. The van der Waals surface area contributed by atoms with Crippen molar-refractivity contribution in [1.82, 2.24) is 4.57 Å². The first-order valence-corrected chi connectivity index (χ1v) is 5.50. The monoisotopic (exact) mass is 219 g/mol. The quantitative estimate of drug-likeness (QED) is 0.783. The highest BCUT2D eigenvalue weighted by Gasteiger charge is 2.44. The molecule has 0 spiro atoms. The van der Waals surface area contributed by atoms with E-state index in [0.29, 0.717) is 18.4 Å². The molecule has 16 heavy (non-hydrogen) atoms. The van der Waals surface area contributed by atoms with Crippen LogP contribution in [0.25, 0.3) is 10.9 Å². The van der Waals surface area contributed by atoms with Crippen molar-refractivity contribution in [3.05, 3.63) is 35.3 Å². The van der Waals surface area contributed by atoms with Gasteiger partial charge in [-0.25, -0.2) is 4.39 Å². The second kappa shape index (κ2) is 2.86. The molecule has 0 saturated heterocycles. The molecule has 2 aromatic rings. The molecule has 1 fully saturated rings. The fourth-order valence-electron chi connectivity index (χ4n) is 2.24. The number of hydrogen-bond acceptors (Lipinski definition) is 1. The third kappa shape index (κ3) is 1.21. The number of benzene rings is 1. The summed E-state index contributed by atoms with van der Waals surface area (Å²) in [5.74, 6) is -0.293. The number of aryl methyl sites for hydroxylation is 2. The summed E-state index contributed by atoms with van der Waals surface area (Å²) in [6.45, 7) is 1.99. The lowest BCUT2D eigenvalue weighted by Crippen LogP contribution is -2.07. The topological polar surface area (TPSA) is 25.2 Å². The molecule has 1 heterocycles. The van der Waals surface area contributed by atoms with Gasteiger partial charge in [-0.1, -0.05) is 0 Å². The second-order valence-electron chi connectivity index (χ2n) is 4.77. The van der Waals surface area contributed by atoms with Crippen LogP contribution in [0.2, 0.25) is 0 Å². The Morgan fingerprint density at radius 2 is 2.00 bits per heavy atom. The van der Waals surface area contributed by atoms with Gasteiger partial charge in [0.1, 0.15) is 5.82 Å². The molecule has 1 aromatic heterocycles. The summed E-state index contributed by atoms with van der Waals surface area (Å²) >= 11 is 0. The smallest absolute Gasteiger partial charge is 0.130 e. The first-order chi connectivity index (χ1) is 7.51. The van der Waals surface area contributed by atoms with Gasteiger partial charge in [-0.3, -0.25) is 0 Å². The van der Waals surface area contributed by atoms with Gasteiger partial charge >= 0.3 is 0 Å². The molecule has 3 rings (SSSR count). The highest BCUT2D eigenvalue weighted by atomic mass is 19.1. The fraction of sp³-hybridized carbons (Fsp3) is 0.385. The van der Waals surface area contributed by atoms with Crippen LogP contribution in [-0.4, -0.2) is 9.67 Å². The van der Waals surface area contributed by atoms with Crippen LogP contribution in [0, 0.1) is 12.7 Å². The van der Waals surface area contributed by atoms with E-state index in [0.717, 1.165) is 16.6 Å². The van der Waals surface area contributed by atoms with E-state index < -0.39 is 5.60 Å². The number of hydrogen-bond donors (Lipinski definition) is 1. The number of aliphatic hydroxyl groups is 1. The molecule has 3 heteroatoms. The van der Waals surface area contributed by atoms with Crippen molar-refractivity contribution in [3.8, 4) is 0 Å². The maximum absolute atomic E-state index is 13.8. The van der Waals surface area contributed by atoms with E-state index in [1.54, 1.807) is 6.07 Å². The van der Waals surface area contributed by atoms with Gasteiger partial charge in [0.15, 0.2) is 0 Å². The predicted molar refractivity (Wildman–Crippen MR) is 60.7 cm³/mol. The van der Waals surface area contributed by atoms with Crippen LogP contribution in [0.15, 0.2) is 18.2 Å². The summed E-state index contributed by atoms with van der Waals surface area (Å²) in [4.78, 5) is 0. The maximum atomic E-state index is 13.8. The molecular weight excluding hydrogens is 205 g/mol. The van der Waals surface area contributed by atoms with Crippen LogP contribution < -0.4 is 0 Å². The Morgan fingerprint density at radius 1 is 1.31 bits per heavy atom. The van der Waals surface area contributed by atoms with Crippen molar-refractivity contribution in [2.75, 3.05) is 0 Å². The average molecular weight is 219 g/mol. The summed E-state index contributed by atoms with van der Waals surface area (Å²) in [5, 5.41) is 10.9. The van der Waals surface area contributed by atoms with E-state index in [1.807, 2.05) is 24.6 Å². The highest BCUT2D eigenvalue weighted by molar-refractivity contribution is 5.82. The lowest BCUT2D eigenvalue weighted by atomic mass is 10.1. The molecule has 1 aliphatic carbocycles. The van der Waals surface area contributed by atoms with Gasteiger partial charge in [0.05, 0.1) is 5.60 Å². The Hall–Kier alpha value is -1.35. The minimum atomic E-state index is -0.906. The van der Waals surface area contributed by atoms with Crippen molar-refractivity contribution in [2.24, 2.45) is 7.05 Å². The molecule has 0 amide bonds. The molecule has 1 aromatic carbocycles. The van der Waals surface area contributed by atoms with Crippen LogP contribution in [0.4, 0.5) is 4.39 Å². The molecule has 0 aliphatic heterocycles. The zero-order valence-electron chi connectivity index (χ0n) is 9.42. The molecule has 2 nitrogen and oxygen atoms in total. The van der Waals surface area contributed by atoms with E-state index >= 15 is 0 Å². The van der Waals surface area contributed by atoms with Gasteiger partial charge in [-0.15, -0.1) is 0 Å². The summed E-state index contributed by atoms with van der Waals surface area (Å²) < 4.78 is 15.8. The average Bonchev–Trinajstić information content (AvgIpc) is 2.90. The molecule has 0 unspecified atom stereocenters. The van der Waals surface area contributed by atoms with Gasteiger partial charge in [-0.2, -0.15) is 0 Å². The molecule has 1 N–H and O–H groups in total. The standard InChI is InChI=1S/C13H14FNO/c1-8-5-9-6-11(14)10(13(16)3-4-13)7-12(9)15(8)2/h5-7,16H,3-4H2,1-2H3. The summed E-state index contributed by atoms with van der Waals surface area (Å²) in [5.41, 5.74) is 1.61. The van der Waals surface area contributed by atoms with Crippen molar-refractivity contribution < 1.29 is 9.50 Å². The minimum Gasteiger partial charge on any atom is -0.385 e. The number of rotatable bonds is 1. The Bertz CT molecular complexity index is 581. The SMILES string of the molecule is Cc1cc2cc(F)c(C3(O)CC3)cc2n1C. The Balaban J connectivity index is 2.31. The molecule has 1 aliphatic rings. The molecule has 0 bridgehead atoms. The predicted octanol–water partition coefficient (Wildman–Crippen LogP) is 2.61. The van der Waals surface area contributed by atoms with E-state index in [9.17, 15) is 9.50 Å². The number of fused-ring (bicyclic) bond motifs is 1. The number of halogens is 1. The molecule has 0 radical (unpaired) electrons. The zero-order valence-corrected chi connectivity index (χ0v) is 9.42. The van der Waals surface area contributed by atoms with Crippen LogP contribution in [0.5, 0.6) is 0 Å². The second-order valence-corrected chi connectivity index (χ2v) is 4.77. The van der Waals surface area contributed by atoms with Crippen molar-refractivity contribution in [3.63, 3.8) is 0 Å². The summed E-state index contributed by atoms with van der Waals surface area (Å²) in [6.07, 6.45) is 1.33. The summed E-state index contributed by atoms with van der Waals surface area (Å²) in [7, 11) is 1.95. The molecule has 1 saturated carbocycles. The first-order valence-electron chi connectivity index (χ1n) is 5.50. The third-order valence-corrected chi connectivity index (χ3v) is 3.60. The van der Waals surface area contributed by atoms with Crippen LogP contribution in [0.3, 0.4) is 0 Å². The normalized spacial score (nSPS) is 18.0. The van der Waals surface area contributed by atoms with E-state index in [4.69, 9.17) is 0 Å². The van der Waals surface area contributed by atoms with Crippen LogP contribution in [0.1, 0.15) is 24.1 Å². The van der Waals surface area contributed by atoms with Crippen LogP contribution >= 0.6 is 0 Å². The number of nitrogens with zero attached hydrogens (tertiary/aromatic N) is 1. The van der Waals surface area contributed by atoms with E-state index in [2.05, 4.69) is 0 Å². The van der Waals surface area contributed by atoms with Crippen molar-refractivity contribution in [1.29, 1.82) is 0 Å². The lowest BCUT2D eigenvalue weighted by Gasteiger charge is -2.10. The molecule has 0 atom stereocenters. The maximum Gasteiger partial charge on any atom is 0.130 e. The lowest BCUT2D eigenvalue weighted by molar-refractivity contribution is 0.147. The molecular formula is C13H14FNO. The minimum absolute atomic E-state index is 0.293. The van der Waals surface area contributed by atoms with Gasteiger partial charge in [0.25, 0.3) is 0 Å². The van der Waals surface area contributed by atoms with E-state index in [-0.39, 0.29) is 5.82 Å². The number of aromatic nitrogens is 1. The van der Waals surface area contributed by atoms with Crippen molar-refractivity contribution in [2.45, 2.75) is 25.4 Å². The molecule has 84 valence electrons. The van der Waals surface area contributed by atoms with Gasteiger partial charge < -0.3 is 9.67 Å². The van der Waals surface area contributed by atoms with E-state index in [1.165, 1.54) is 6.07 Å². The van der Waals surface area contributed by atoms with Gasteiger partial charge in [0.2, 0.25) is 0 Å². The third-order valence-electron chi connectivity index (χ3n) is 3.60. The first kappa shape index (κ1) is 9.85. The summed E-state index contributed by atoms with van der Waals surface area (Å²) in [6, 6.07) is 5.26. The highest BCUT2D eigenvalue weighted by Crippen LogP contribution is 2.47. The Labute approximate surface area is 93.3 Å². The Morgan fingerprint density at radius 3 is 2.62 bits per heavy atom. The largest absolute Gasteiger partial charge is 0.385 e. The van der Waals surface area contributed by atoms with Gasteiger partial charge in [0, 0.05) is 29.2 Å². The van der Waals surface area contributed by atoms with Crippen LogP contribution in [-0.2, 0) is 12.6 Å². The Kier molecular flexibility index (Phi) is 1.76. The fourth-order valence-corrected chi connectivity index (χ4v) is 2.24. The van der Waals surface area contributed by atoms with Gasteiger partial charge in [-0.05, 0) is 38.0 Å². The van der Waals surface area contributed by atoms with Crippen molar-refractivity contribution >= 4 is 10.9 Å².